The second-order valence-electron chi connectivity index (χ2n) is 4.68. The molecule has 106 valence electrons. The minimum absolute atomic E-state index is 0.0695. The minimum atomic E-state index is 0.0695. The van der Waals surface area contributed by atoms with Crippen LogP contribution in [0.5, 0.6) is 0 Å². The van der Waals surface area contributed by atoms with E-state index in [-0.39, 0.29) is 5.49 Å². The number of rotatable bonds is 1. The molecule has 7 heteroatoms. The summed E-state index contributed by atoms with van der Waals surface area (Å²) in [5.41, 5.74) is 2.75. The van der Waals surface area contributed by atoms with Crippen LogP contribution < -0.4 is 5.49 Å². The van der Waals surface area contributed by atoms with E-state index in [1.165, 1.54) is 4.52 Å². The number of tetrazole rings is 1. The summed E-state index contributed by atoms with van der Waals surface area (Å²) in [7, 11) is 0. The van der Waals surface area contributed by atoms with Crippen molar-refractivity contribution in [2.75, 3.05) is 0 Å². The van der Waals surface area contributed by atoms with Gasteiger partial charge in [0.2, 0.25) is 11.1 Å². The summed E-state index contributed by atoms with van der Waals surface area (Å²) in [5, 5.41) is 24.9. The molecule has 0 amide bonds. The average Bonchev–Trinajstić information content (AvgIpc) is 3.02. The molecule has 2 aromatic heterocycles. The Labute approximate surface area is 124 Å². The van der Waals surface area contributed by atoms with Crippen LogP contribution in [0.3, 0.4) is 0 Å². The molecule has 4 rings (SSSR count). The van der Waals surface area contributed by atoms with Crippen LogP contribution in [0.4, 0.5) is 0 Å². The highest BCUT2D eigenvalue weighted by atomic mass is 16.4. The quantitative estimate of drug-likeness (QED) is 0.425. The van der Waals surface area contributed by atoms with Crippen LogP contribution in [0.25, 0.3) is 27.8 Å². The molecule has 0 bridgehead atoms. The zero-order valence-electron chi connectivity index (χ0n) is 11.3. The van der Waals surface area contributed by atoms with Gasteiger partial charge < -0.3 is 5.21 Å². The van der Waals surface area contributed by atoms with Gasteiger partial charge in [-0.3, -0.25) is 0 Å². The molecule has 0 unspecified atom stereocenters. The molecule has 0 fully saturated rings. The first-order valence-corrected chi connectivity index (χ1v) is 6.63. The highest BCUT2D eigenvalue weighted by Gasteiger charge is 2.11. The van der Waals surface area contributed by atoms with Gasteiger partial charge >= 0.3 is 0 Å². The van der Waals surface area contributed by atoms with E-state index >= 15 is 0 Å². The fourth-order valence-electron chi connectivity index (χ4n) is 2.45. The summed E-state index contributed by atoms with van der Waals surface area (Å²) < 4.78 is 1.52. The molecule has 0 spiro atoms. The predicted octanol–water partition coefficient (Wildman–Crippen LogP) is 1.63. The Morgan fingerprint density at radius 1 is 0.955 bits per heavy atom. The van der Waals surface area contributed by atoms with Gasteiger partial charge in [0.25, 0.3) is 0 Å². The molecule has 1 N–H and O–H groups in total. The van der Waals surface area contributed by atoms with Gasteiger partial charge in [-0.2, -0.15) is 4.52 Å². The molecule has 7 nitrogen and oxygen atoms in total. The SMILES string of the molecule is O/N=c1/nc(-c2ccccc2)c2ccccc2n2nnnc12. The van der Waals surface area contributed by atoms with Gasteiger partial charge in [0.1, 0.15) is 0 Å². The van der Waals surface area contributed by atoms with Crippen LogP contribution >= 0.6 is 0 Å². The summed E-state index contributed by atoms with van der Waals surface area (Å²) in [5.74, 6) is 0. The van der Waals surface area contributed by atoms with Crippen molar-refractivity contribution in [2.24, 2.45) is 5.16 Å². The fraction of sp³-hybridized carbons (Fsp3) is 0. The minimum Gasteiger partial charge on any atom is -0.409 e. The third kappa shape index (κ3) is 1.80. The molecule has 0 aliphatic heterocycles. The van der Waals surface area contributed by atoms with Gasteiger partial charge in [-0.25, -0.2) is 4.98 Å². The molecular weight excluding hydrogens is 280 g/mol. The number of hydrogen-bond donors (Lipinski definition) is 1. The third-order valence-corrected chi connectivity index (χ3v) is 3.42. The van der Waals surface area contributed by atoms with Crippen LogP contribution in [0, 0.1) is 0 Å². The van der Waals surface area contributed by atoms with Gasteiger partial charge in [0.15, 0.2) is 0 Å². The average molecular weight is 290 g/mol. The van der Waals surface area contributed by atoms with Crippen molar-refractivity contribution in [3.63, 3.8) is 0 Å². The molecular formula is C15H10N6O. The molecule has 4 aromatic rings. The van der Waals surface area contributed by atoms with Crippen molar-refractivity contribution in [1.82, 2.24) is 25.0 Å². The van der Waals surface area contributed by atoms with E-state index < -0.39 is 0 Å². The highest BCUT2D eigenvalue weighted by molar-refractivity contribution is 5.92. The Morgan fingerprint density at radius 3 is 2.55 bits per heavy atom. The van der Waals surface area contributed by atoms with Gasteiger partial charge in [-0.15, -0.1) is 5.10 Å². The number of hydrogen-bond acceptors (Lipinski definition) is 6. The van der Waals surface area contributed by atoms with Crippen LogP contribution in [0.15, 0.2) is 59.8 Å². The molecule has 0 aliphatic rings. The number of para-hydroxylation sites is 1. The maximum atomic E-state index is 9.30. The van der Waals surface area contributed by atoms with E-state index in [1.54, 1.807) is 0 Å². The zero-order chi connectivity index (χ0) is 14.9. The van der Waals surface area contributed by atoms with Gasteiger partial charge in [0, 0.05) is 10.9 Å². The Balaban J connectivity index is 2.30. The van der Waals surface area contributed by atoms with Gasteiger partial charge in [-0.1, -0.05) is 53.7 Å². The first kappa shape index (κ1) is 12.4. The van der Waals surface area contributed by atoms with E-state index in [2.05, 4.69) is 25.7 Å². The van der Waals surface area contributed by atoms with E-state index in [0.29, 0.717) is 11.3 Å². The molecule has 0 atom stereocenters. The lowest BCUT2D eigenvalue weighted by atomic mass is 10.1. The standard InChI is InChI=1S/C15H10N6O/c22-18-14-15-17-19-20-21(15)12-9-5-4-8-11(12)13(16-14)10-6-2-1-3-7-10/h1-9,22H/b18-14+. The van der Waals surface area contributed by atoms with Crippen molar-refractivity contribution < 1.29 is 5.21 Å². The molecule has 2 heterocycles. The van der Waals surface area contributed by atoms with E-state index in [4.69, 9.17) is 0 Å². The van der Waals surface area contributed by atoms with E-state index in [0.717, 1.165) is 16.5 Å². The Bertz CT molecular complexity index is 1040. The lowest BCUT2D eigenvalue weighted by molar-refractivity contribution is 0.299. The van der Waals surface area contributed by atoms with Crippen LogP contribution in [0.2, 0.25) is 0 Å². The van der Waals surface area contributed by atoms with Crippen molar-refractivity contribution in [3.05, 3.63) is 60.1 Å². The summed E-state index contributed by atoms with van der Waals surface area (Å²) in [4.78, 5) is 4.47. The number of aromatic nitrogens is 5. The lowest BCUT2D eigenvalue weighted by Gasteiger charge is -2.01. The summed E-state index contributed by atoms with van der Waals surface area (Å²) in [6, 6.07) is 17.3. The van der Waals surface area contributed by atoms with Crippen molar-refractivity contribution in [2.45, 2.75) is 0 Å². The van der Waals surface area contributed by atoms with Crippen molar-refractivity contribution in [1.29, 1.82) is 0 Å². The molecule has 0 aliphatic carbocycles. The number of fused-ring (bicyclic) bond motifs is 3. The Kier molecular flexibility index (Phi) is 2.75. The largest absolute Gasteiger partial charge is 0.409 e. The highest BCUT2D eigenvalue weighted by Crippen LogP contribution is 2.24. The Morgan fingerprint density at radius 2 is 1.73 bits per heavy atom. The maximum absolute atomic E-state index is 9.30. The zero-order valence-corrected chi connectivity index (χ0v) is 11.3. The lowest BCUT2D eigenvalue weighted by Crippen LogP contribution is -2.09. The van der Waals surface area contributed by atoms with E-state index in [9.17, 15) is 5.21 Å². The van der Waals surface area contributed by atoms with Crippen LogP contribution in [0.1, 0.15) is 0 Å². The number of benzene rings is 2. The summed E-state index contributed by atoms with van der Waals surface area (Å²) in [6.45, 7) is 0. The number of nitrogens with zero attached hydrogens (tertiary/aromatic N) is 6. The topological polar surface area (TPSA) is 88.6 Å². The summed E-state index contributed by atoms with van der Waals surface area (Å²) >= 11 is 0. The molecule has 22 heavy (non-hydrogen) atoms. The monoisotopic (exact) mass is 290 g/mol. The third-order valence-electron chi connectivity index (χ3n) is 3.42. The summed E-state index contributed by atoms with van der Waals surface area (Å²) in [6.07, 6.45) is 0. The second kappa shape index (κ2) is 4.88. The molecule has 2 aromatic carbocycles. The van der Waals surface area contributed by atoms with Crippen molar-refractivity contribution in [3.8, 4) is 11.3 Å². The van der Waals surface area contributed by atoms with Gasteiger partial charge in [0.05, 0.1) is 11.2 Å². The van der Waals surface area contributed by atoms with E-state index in [1.807, 2.05) is 54.6 Å². The first-order valence-electron chi connectivity index (χ1n) is 6.63. The molecule has 0 radical (unpaired) electrons. The van der Waals surface area contributed by atoms with Gasteiger partial charge in [-0.05, 0) is 16.5 Å². The molecule has 0 saturated carbocycles. The predicted molar refractivity (Wildman–Crippen MR) is 78.9 cm³/mol. The normalized spacial score (nSPS) is 12.1. The maximum Gasteiger partial charge on any atom is 0.238 e. The first-order chi connectivity index (χ1) is 10.9. The van der Waals surface area contributed by atoms with Crippen molar-refractivity contribution >= 4 is 16.6 Å². The smallest absolute Gasteiger partial charge is 0.238 e. The van der Waals surface area contributed by atoms with Crippen LogP contribution in [-0.4, -0.2) is 30.2 Å². The van der Waals surface area contributed by atoms with Crippen LogP contribution in [-0.2, 0) is 0 Å². The second-order valence-corrected chi connectivity index (χ2v) is 4.68. The Hall–Kier alpha value is -3.35. The molecule has 0 saturated heterocycles. The fourth-order valence-corrected chi connectivity index (χ4v) is 2.45.